The Morgan fingerprint density at radius 2 is 1.83 bits per heavy atom. The summed E-state index contributed by atoms with van der Waals surface area (Å²) in [5.41, 5.74) is -0.808. The minimum absolute atomic E-state index is 0.0200. The van der Waals surface area contributed by atoms with E-state index in [4.69, 9.17) is 14.2 Å². The number of alkyl carbamates (subject to hydrolysis) is 1. The quantitative estimate of drug-likeness (QED) is 0.363. The number of carboxylic acid groups (broad SMARTS) is 1. The van der Waals surface area contributed by atoms with E-state index < -0.39 is 69.3 Å². The number of carbonyl (C=O) groups excluding carboxylic acids is 3. The van der Waals surface area contributed by atoms with Crippen LogP contribution in [0.5, 0.6) is 0 Å². The number of ether oxygens (including phenoxy) is 3. The van der Waals surface area contributed by atoms with Gasteiger partial charge >= 0.3 is 18.0 Å². The molecule has 1 aromatic carbocycles. The Labute approximate surface area is 208 Å². The maximum atomic E-state index is 12.9. The van der Waals surface area contributed by atoms with E-state index >= 15 is 0 Å². The number of sulfone groups is 1. The number of aliphatic carboxylic acids is 1. The van der Waals surface area contributed by atoms with Crippen LogP contribution in [-0.4, -0.2) is 85.0 Å². The molecule has 13 heteroatoms. The van der Waals surface area contributed by atoms with Gasteiger partial charge in [0.2, 0.25) is 0 Å². The van der Waals surface area contributed by atoms with Gasteiger partial charge in [-0.25, -0.2) is 22.8 Å². The predicted molar refractivity (Wildman–Crippen MR) is 124 cm³/mol. The van der Waals surface area contributed by atoms with E-state index in [-0.39, 0.29) is 17.7 Å². The summed E-state index contributed by atoms with van der Waals surface area (Å²) in [5, 5.41) is 10.3. The second-order valence-electron chi connectivity index (χ2n) is 9.32. The number of carbonyl (C=O) groups is 4. The number of amides is 2. The Morgan fingerprint density at radius 3 is 2.39 bits per heavy atom. The second kappa shape index (κ2) is 10.3. The smallest absolute Gasteiger partial charge is 0.408 e. The van der Waals surface area contributed by atoms with Gasteiger partial charge in [0.05, 0.1) is 5.75 Å². The number of rotatable bonds is 8. The van der Waals surface area contributed by atoms with Crippen molar-refractivity contribution in [1.29, 1.82) is 0 Å². The largest absolute Gasteiger partial charge is 0.480 e. The van der Waals surface area contributed by atoms with Crippen LogP contribution in [0.2, 0.25) is 0 Å². The van der Waals surface area contributed by atoms with E-state index in [0.717, 1.165) is 4.90 Å². The first kappa shape index (κ1) is 27.1. The highest BCUT2D eigenvalue weighted by atomic mass is 32.2. The van der Waals surface area contributed by atoms with Gasteiger partial charge in [-0.05, 0) is 26.3 Å². The summed E-state index contributed by atoms with van der Waals surface area (Å²) in [5.74, 6) is -3.70. The van der Waals surface area contributed by atoms with Crippen molar-refractivity contribution in [3.8, 4) is 0 Å². The molecule has 36 heavy (non-hydrogen) atoms. The highest BCUT2D eigenvalue weighted by Crippen LogP contribution is 2.38. The van der Waals surface area contributed by atoms with Crippen molar-refractivity contribution in [2.24, 2.45) is 0 Å². The zero-order valence-corrected chi connectivity index (χ0v) is 21.0. The molecule has 2 aliphatic rings. The maximum absolute atomic E-state index is 12.9. The molecule has 0 aliphatic carbocycles. The van der Waals surface area contributed by atoms with Gasteiger partial charge in [0.1, 0.15) is 23.9 Å². The SMILES string of the molecule is CO[C@H]1C(=O)N2C(C(=O)OC(C)(C)C)=C(COC(=O)N[C@@H](Cc3ccccc3)C(=O)O)CS(=O)(=O)[C@H]12. The fourth-order valence-electron chi connectivity index (χ4n) is 3.87. The number of benzene rings is 1. The molecule has 196 valence electrons. The molecule has 2 heterocycles. The van der Waals surface area contributed by atoms with Gasteiger partial charge in [-0.15, -0.1) is 0 Å². The van der Waals surface area contributed by atoms with Gasteiger partial charge < -0.3 is 24.6 Å². The summed E-state index contributed by atoms with van der Waals surface area (Å²) in [4.78, 5) is 50.3. The van der Waals surface area contributed by atoms with Crippen LogP contribution >= 0.6 is 0 Å². The highest BCUT2D eigenvalue weighted by molar-refractivity contribution is 7.92. The van der Waals surface area contributed by atoms with Crippen molar-refractivity contribution in [3.05, 3.63) is 47.2 Å². The number of methoxy groups -OCH3 is 1. The third-order valence-electron chi connectivity index (χ3n) is 5.41. The Bertz CT molecular complexity index is 1190. The number of carboxylic acids is 1. The minimum Gasteiger partial charge on any atom is -0.480 e. The number of hydrogen-bond acceptors (Lipinski definition) is 9. The Balaban J connectivity index is 1.82. The monoisotopic (exact) mass is 524 g/mol. The average molecular weight is 525 g/mol. The summed E-state index contributed by atoms with van der Waals surface area (Å²) < 4.78 is 41.1. The molecule has 0 bridgehead atoms. The Hall–Kier alpha value is -3.45. The minimum atomic E-state index is -3.99. The lowest BCUT2D eigenvalue weighted by atomic mass is 10.0. The molecule has 3 rings (SSSR count). The van der Waals surface area contributed by atoms with Crippen molar-refractivity contribution in [2.45, 2.75) is 50.3 Å². The molecule has 0 spiro atoms. The molecule has 0 radical (unpaired) electrons. The third-order valence-corrected chi connectivity index (χ3v) is 7.35. The van der Waals surface area contributed by atoms with Crippen molar-refractivity contribution in [3.63, 3.8) is 0 Å². The Morgan fingerprint density at radius 1 is 1.19 bits per heavy atom. The van der Waals surface area contributed by atoms with Crippen molar-refractivity contribution >= 4 is 33.8 Å². The van der Waals surface area contributed by atoms with E-state index in [9.17, 15) is 32.7 Å². The first-order chi connectivity index (χ1) is 16.7. The van der Waals surface area contributed by atoms with Crippen LogP contribution in [0.25, 0.3) is 0 Å². The molecular formula is C23H28N2O10S. The topological polar surface area (TPSA) is 166 Å². The van der Waals surface area contributed by atoms with Crippen molar-refractivity contribution < 1.29 is 46.9 Å². The summed E-state index contributed by atoms with van der Waals surface area (Å²) >= 11 is 0. The van der Waals surface area contributed by atoms with Gasteiger partial charge in [0.15, 0.2) is 21.3 Å². The lowest BCUT2D eigenvalue weighted by molar-refractivity contribution is -0.167. The van der Waals surface area contributed by atoms with E-state index in [1.165, 1.54) is 7.11 Å². The second-order valence-corrected chi connectivity index (χ2v) is 11.4. The molecule has 0 unspecified atom stereocenters. The molecule has 2 N–H and O–H groups in total. The van der Waals surface area contributed by atoms with E-state index in [1.54, 1.807) is 51.1 Å². The first-order valence-electron chi connectivity index (χ1n) is 11.0. The number of esters is 1. The van der Waals surface area contributed by atoms with Crippen LogP contribution in [0.3, 0.4) is 0 Å². The molecule has 0 saturated carbocycles. The van der Waals surface area contributed by atoms with Crippen LogP contribution in [-0.2, 0) is 44.9 Å². The summed E-state index contributed by atoms with van der Waals surface area (Å²) in [7, 11) is -2.81. The first-order valence-corrected chi connectivity index (χ1v) is 12.7. The molecule has 1 fully saturated rings. The summed E-state index contributed by atoms with van der Waals surface area (Å²) in [6.07, 6.45) is -2.43. The van der Waals surface area contributed by atoms with Gasteiger partial charge in [0.25, 0.3) is 5.91 Å². The number of hydrogen-bond donors (Lipinski definition) is 2. The van der Waals surface area contributed by atoms with E-state index in [2.05, 4.69) is 5.32 Å². The zero-order valence-electron chi connectivity index (χ0n) is 20.2. The highest BCUT2D eigenvalue weighted by Gasteiger charge is 2.61. The molecule has 3 atom stereocenters. The lowest BCUT2D eigenvalue weighted by Gasteiger charge is -2.48. The van der Waals surface area contributed by atoms with E-state index in [1.807, 2.05) is 0 Å². The third kappa shape index (κ3) is 5.85. The van der Waals surface area contributed by atoms with Crippen LogP contribution < -0.4 is 5.32 Å². The molecule has 0 aromatic heterocycles. The van der Waals surface area contributed by atoms with Crippen molar-refractivity contribution in [2.75, 3.05) is 19.5 Å². The number of β-lactam (4-membered cyclic amide) rings is 1. The van der Waals surface area contributed by atoms with Gasteiger partial charge in [-0.1, -0.05) is 30.3 Å². The maximum Gasteiger partial charge on any atom is 0.408 e. The van der Waals surface area contributed by atoms with E-state index in [0.29, 0.717) is 5.56 Å². The van der Waals surface area contributed by atoms with Crippen LogP contribution in [0.15, 0.2) is 41.6 Å². The molecule has 2 aliphatic heterocycles. The number of nitrogens with one attached hydrogen (secondary N) is 1. The fourth-order valence-corrected chi connectivity index (χ4v) is 5.89. The van der Waals surface area contributed by atoms with Crippen LogP contribution in [0, 0.1) is 0 Å². The number of fused-ring (bicyclic) bond motifs is 1. The normalized spacial score (nSPS) is 21.7. The van der Waals surface area contributed by atoms with Gasteiger partial charge in [-0.2, -0.15) is 0 Å². The molecule has 1 aromatic rings. The lowest BCUT2D eigenvalue weighted by Crippen LogP contribution is -2.70. The van der Waals surface area contributed by atoms with Gasteiger partial charge in [0, 0.05) is 19.1 Å². The number of nitrogens with zero attached hydrogens (tertiary/aromatic N) is 1. The zero-order chi connectivity index (χ0) is 26.8. The van der Waals surface area contributed by atoms with Crippen LogP contribution in [0.4, 0.5) is 4.79 Å². The molecule has 2 amide bonds. The van der Waals surface area contributed by atoms with Gasteiger partial charge in [-0.3, -0.25) is 9.69 Å². The molecular weight excluding hydrogens is 496 g/mol. The standard InChI is InChI=1S/C23H28N2O10S/c1-23(2,3)35-21(29)16-14(12-36(31,32)19-17(33-4)18(26)25(16)19)11-34-22(30)24-15(20(27)28)10-13-8-6-5-7-9-13/h5-9,15,17,19H,10-12H2,1-4H3,(H,24,30)(H,27,28)/t15-,17-,19+/m0/s1. The van der Waals surface area contributed by atoms with Crippen LogP contribution in [0.1, 0.15) is 26.3 Å². The molecule has 1 saturated heterocycles. The molecule has 12 nitrogen and oxygen atoms in total. The summed E-state index contributed by atoms with van der Waals surface area (Å²) in [6.45, 7) is 4.11. The van der Waals surface area contributed by atoms with Crippen molar-refractivity contribution in [1.82, 2.24) is 10.2 Å². The fraction of sp³-hybridized carbons (Fsp3) is 0.478. The predicted octanol–water partition coefficient (Wildman–Crippen LogP) is 0.616. The summed E-state index contributed by atoms with van der Waals surface area (Å²) in [6, 6.07) is 7.27. The average Bonchev–Trinajstić information content (AvgIpc) is 2.76. The Kier molecular flexibility index (Phi) is 7.74.